The normalized spacial score (nSPS) is 20.5. The molecule has 1 saturated heterocycles. The second kappa shape index (κ2) is 8.19. The molecule has 2 heterocycles. The zero-order chi connectivity index (χ0) is 19.4. The molecule has 0 saturated carbocycles. The Hall–Kier alpha value is -2.59. The van der Waals surface area contributed by atoms with Crippen LogP contribution in [0.15, 0.2) is 54.6 Å². The first-order valence-corrected chi connectivity index (χ1v) is 10.0. The largest absolute Gasteiger partial charge is 0.487 e. The highest BCUT2D eigenvalue weighted by molar-refractivity contribution is 5.86. The molecular weight excluding hydrogens is 350 g/mol. The number of rotatable bonds is 4. The first-order valence-electron chi connectivity index (χ1n) is 10.0. The standard InChI is InChI=1S/C24H27NO3/c1-27-23(26)11-10-18-6-8-19(9-7-18)16-21-17-20-4-2-3-5-22(20)28-24(21)12-14-25-15-13-24/h2-11,21,25H,12-17H2,1H3/b11-10+. The van der Waals surface area contributed by atoms with Gasteiger partial charge in [-0.05, 0) is 67.6 Å². The van der Waals surface area contributed by atoms with Crippen molar-refractivity contribution >= 4 is 12.0 Å². The Morgan fingerprint density at radius 3 is 2.68 bits per heavy atom. The van der Waals surface area contributed by atoms with Crippen molar-refractivity contribution in [2.24, 2.45) is 5.92 Å². The minimum Gasteiger partial charge on any atom is -0.487 e. The van der Waals surface area contributed by atoms with E-state index >= 15 is 0 Å². The summed E-state index contributed by atoms with van der Waals surface area (Å²) < 4.78 is 11.3. The molecule has 1 fully saturated rings. The second-order valence-electron chi connectivity index (χ2n) is 7.73. The quantitative estimate of drug-likeness (QED) is 0.651. The average Bonchev–Trinajstić information content (AvgIpc) is 2.74. The topological polar surface area (TPSA) is 47.6 Å². The van der Waals surface area contributed by atoms with Crippen LogP contribution in [0, 0.1) is 5.92 Å². The van der Waals surface area contributed by atoms with Crippen molar-refractivity contribution in [1.29, 1.82) is 0 Å². The fraction of sp³-hybridized carbons (Fsp3) is 0.375. The Bertz CT molecular complexity index is 850. The number of benzene rings is 2. The fourth-order valence-corrected chi connectivity index (χ4v) is 4.43. The van der Waals surface area contributed by atoms with Crippen LogP contribution in [0.1, 0.15) is 29.5 Å². The minimum absolute atomic E-state index is 0.0803. The van der Waals surface area contributed by atoms with E-state index in [1.807, 2.05) is 0 Å². The van der Waals surface area contributed by atoms with Gasteiger partial charge in [0.15, 0.2) is 0 Å². The van der Waals surface area contributed by atoms with Crippen molar-refractivity contribution in [2.75, 3.05) is 20.2 Å². The van der Waals surface area contributed by atoms with Crippen LogP contribution in [0.25, 0.3) is 6.08 Å². The molecule has 2 aliphatic heterocycles. The number of methoxy groups -OCH3 is 1. The lowest BCUT2D eigenvalue weighted by Gasteiger charge is -2.47. The monoisotopic (exact) mass is 377 g/mol. The first-order chi connectivity index (χ1) is 13.7. The molecule has 2 aromatic rings. The molecule has 146 valence electrons. The predicted molar refractivity (Wildman–Crippen MR) is 110 cm³/mol. The van der Waals surface area contributed by atoms with Gasteiger partial charge in [-0.1, -0.05) is 42.5 Å². The van der Waals surface area contributed by atoms with E-state index in [4.69, 9.17) is 4.74 Å². The summed E-state index contributed by atoms with van der Waals surface area (Å²) in [5.41, 5.74) is 3.54. The highest BCUT2D eigenvalue weighted by atomic mass is 16.5. The summed E-state index contributed by atoms with van der Waals surface area (Å²) in [4.78, 5) is 11.3. The lowest BCUT2D eigenvalue weighted by Crippen LogP contribution is -2.54. The van der Waals surface area contributed by atoms with E-state index < -0.39 is 0 Å². The molecule has 1 atom stereocenters. The smallest absolute Gasteiger partial charge is 0.330 e. The summed E-state index contributed by atoms with van der Waals surface area (Å²) in [6.45, 7) is 2.02. The van der Waals surface area contributed by atoms with Gasteiger partial charge in [0.1, 0.15) is 11.4 Å². The van der Waals surface area contributed by atoms with Crippen LogP contribution >= 0.6 is 0 Å². The number of piperidine rings is 1. The Labute approximate surface area is 166 Å². The van der Waals surface area contributed by atoms with Gasteiger partial charge < -0.3 is 14.8 Å². The Kier molecular flexibility index (Phi) is 5.49. The van der Waals surface area contributed by atoms with Crippen LogP contribution in [0.3, 0.4) is 0 Å². The van der Waals surface area contributed by atoms with E-state index in [0.29, 0.717) is 5.92 Å². The highest BCUT2D eigenvalue weighted by Crippen LogP contribution is 2.43. The molecule has 4 heteroatoms. The van der Waals surface area contributed by atoms with Gasteiger partial charge in [-0.15, -0.1) is 0 Å². The van der Waals surface area contributed by atoms with Crippen LogP contribution in [0.4, 0.5) is 0 Å². The highest BCUT2D eigenvalue weighted by Gasteiger charge is 2.45. The number of carbonyl (C=O) groups excluding carboxylic acids is 1. The molecule has 28 heavy (non-hydrogen) atoms. The molecule has 0 aromatic heterocycles. The lowest BCUT2D eigenvalue weighted by molar-refractivity contribution is -0.134. The van der Waals surface area contributed by atoms with E-state index in [1.54, 1.807) is 6.08 Å². The van der Waals surface area contributed by atoms with Crippen molar-refractivity contribution in [3.8, 4) is 5.75 Å². The van der Waals surface area contributed by atoms with Crippen molar-refractivity contribution in [3.63, 3.8) is 0 Å². The maximum atomic E-state index is 11.3. The van der Waals surface area contributed by atoms with Gasteiger partial charge in [0.05, 0.1) is 7.11 Å². The van der Waals surface area contributed by atoms with E-state index in [2.05, 4.69) is 58.6 Å². The fourth-order valence-electron chi connectivity index (χ4n) is 4.43. The molecular formula is C24H27NO3. The molecule has 0 amide bonds. The van der Waals surface area contributed by atoms with Gasteiger partial charge in [-0.25, -0.2) is 4.79 Å². The van der Waals surface area contributed by atoms with Crippen molar-refractivity contribution in [1.82, 2.24) is 5.32 Å². The first kappa shape index (κ1) is 18.8. The number of ether oxygens (including phenoxy) is 2. The van der Waals surface area contributed by atoms with Gasteiger partial charge in [-0.3, -0.25) is 0 Å². The summed E-state index contributed by atoms with van der Waals surface area (Å²) in [7, 11) is 1.39. The van der Waals surface area contributed by atoms with E-state index in [0.717, 1.165) is 50.1 Å². The summed E-state index contributed by atoms with van der Waals surface area (Å²) in [6.07, 6.45) is 7.38. The van der Waals surface area contributed by atoms with Crippen molar-refractivity contribution in [2.45, 2.75) is 31.3 Å². The lowest BCUT2D eigenvalue weighted by atomic mass is 9.72. The molecule has 2 aliphatic rings. The van der Waals surface area contributed by atoms with E-state index in [1.165, 1.54) is 24.3 Å². The zero-order valence-electron chi connectivity index (χ0n) is 16.3. The van der Waals surface area contributed by atoms with Crippen LogP contribution in [-0.2, 0) is 22.4 Å². The third-order valence-corrected chi connectivity index (χ3v) is 6.02. The number of nitrogens with one attached hydrogen (secondary N) is 1. The van der Waals surface area contributed by atoms with Gasteiger partial charge >= 0.3 is 5.97 Å². The maximum absolute atomic E-state index is 11.3. The Balaban J connectivity index is 1.53. The van der Waals surface area contributed by atoms with Crippen LogP contribution in [0.5, 0.6) is 5.75 Å². The molecule has 1 spiro atoms. The molecule has 0 aliphatic carbocycles. The number of hydrogen-bond donors (Lipinski definition) is 1. The van der Waals surface area contributed by atoms with Gasteiger partial charge in [-0.2, -0.15) is 0 Å². The third kappa shape index (κ3) is 3.97. The number of fused-ring (bicyclic) bond motifs is 1. The van der Waals surface area contributed by atoms with Gasteiger partial charge in [0.25, 0.3) is 0 Å². The zero-order valence-corrected chi connectivity index (χ0v) is 16.3. The third-order valence-electron chi connectivity index (χ3n) is 6.02. The number of hydrogen-bond acceptors (Lipinski definition) is 4. The molecule has 2 aromatic carbocycles. The molecule has 4 nitrogen and oxygen atoms in total. The van der Waals surface area contributed by atoms with Crippen LogP contribution in [0.2, 0.25) is 0 Å². The van der Waals surface area contributed by atoms with Gasteiger partial charge in [0.2, 0.25) is 0 Å². The van der Waals surface area contributed by atoms with E-state index in [-0.39, 0.29) is 11.6 Å². The van der Waals surface area contributed by atoms with Crippen molar-refractivity contribution in [3.05, 3.63) is 71.3 Å². The molecule has 0 radical (unpaired) electrons. The van der Waals surface area contributed by atoms with Gasteiger partial charge in [0, 0.05) is 12.0 Å². The molecule has 1 unspecified atom stereocenters. The van der Waals surface area contributed by atoms with Crippen LogP contribution in [-0.4, -0.2) is 31.8 Å². The SMILES string of the molecule is COC(=O)/C=C/c1ccc(CC2Cc3ccccc3OC23CCNCC3)cc1. The number of esters is 1. The second-order valence-corrected chi connectivity index (χ2v) is 7.73. The Morgan fingerprint density at radius 1 is 1.18 bits per heavy atom. The number of para-hydroxylation sites is 1. The van der Waals surface area contributed by atoms with E-state index in [9.17, 15) is 4.79 Å². The summed E-state index contributed by atoms with van der Waals surface area (Å²) in [5.74, 6) is 1.18. The summed E-state index contributed by atoms with van der Waals surface area (Å²) in [6, 6.07) is 16.9. The minimum atomic E-state index is -0.338. The summed E-state index contributed by atoms with van der Waals surface area (Å²) in [5, 5.41) is 3.47. The molecule has 0 bridgehead atoms. The Morgan fingerprint density at radius 2 is 1.93 bits per heavy atom. The predicted octanol–water partition coefficient (Wildman–Crippen LogP) is 3.79. The number of carbonyl (C=O) groups is 1. The van der Waals surface area contributed by atoms with Crippen molar-refractivity contribution < 1.29 is 14.3 Å². The average molecular weight is 377 g/mol. The maximum Gasteiger partial charge on any atom is 0.330 e. The summed E-state index contributed by atoms with van der Waals surface area (Å²) >= 11 is 0. The molecule has 1 N–H and O–H groups in total. The van der Waals surface area contributed by atoms with Crippen LogP contribution < -0.4 is 10.1 Å². The molecule has 4 rings (SSSR count).